The number of esters is 1. The average Bonchev–Trinajstić information content (AvgIpc) is 2.60. The van der Waals surface area contributed by atoms with Crippen LogP contribution >= 0.6 is 0 Å². The van der Waals surface area contributed by atoms with Crippen molar-refractivity contribution in [3.8, 4) is 5.75 Å². The van der Waals surface area contributed by atoms with Crippen LogP contribution in [0.4, 0.5) is 0 Å². The van der Waals surface area contributed by atoms with Crippen molar-refractivity contribution in [3.05, 3.63) is 65.2 Å². The first-order valence-electron chi connectivity index (χ1n) is 7.85. The molecule has 2 rings (SSSR count). The standard InChI is InChI=1S/C19H20O6S/c1-13(18(20)15-8-10-17(24-2)11-9-15)25-19(21)16-6-4-14(5-7-16)12-26(3,22)23/h4-11,13H,12H2,1-3H3/t13-/m0/s1. The van der Waals surface area contributed by atoms with Crippen LogP contribution in [-0.4, -0.2) is 39.6 Å². The molecule has 26 heavy (non-hydrogen) atoms. The highest BCUT2D eigenvalue weighted by atomic mass is 32.2. The molecule has 0 fully saturated rings. The third-order valence-corrected chi connectivity index (χ3v) is 4.50. The van der Waals surface area contributed by atoms with Crippen molar-refractivity contribution in [2.75, 3.05) is 13.4 Å². The Balaban J connectivity index is 2.02. The van der Waals surface area contributed by atoms with E-state index in [1.54, 1.807) is 36.4 Å². The molecule has 0 aromatic heterocycles. The highest BCUT2D eigenvalue weighted by molar-refractivity contribution is 7.89. The number of sulfone groups is 1. The molecule has 0 N–H and O–H groups in total. The monoisotopic (exact) mass is 376 g/mol. The quantitative estimate of drug-likeness (QED) is 0.545. The van der Waals surface area contributed by atoms with Gasteiger partial charge in [-0.25, -0.2) is 13.2 Å². The van der Waals surface area contributed by atoms with Crippen molar-refractivity contribution in [3.63, 3.8) is 0 Å². The molecule has 138 valence electrons. The Morgan fingerprint density at radius 3 is 2.00 bits per heavy atom. The van der Waals surface area contributed by atoms with Gasteiger partial charge in [0.2, 0.25) is 5.78 Å². The fourth-order valence-electron chi connectivity index (χ4n) is 2.31. The van der Waals surface area contributed by atoms with Gasteiger partial charge < -0.3 is 9.47 Å². The summed E-state index contributed by atoms with van der Waals surface area (Å²) in [6.07, 6.45) is 0.188. The first kappa shape index (κ1) is 19.7. The van der Waals surface area contributed by atoms with Crippen molar-refractivity contribution in [2.45, 2.75) is 18.8 Å². The van der Waals surface area contributed by atoms with E-state index in [1.807, 2.05) is 0 Å². The fourth-order valence-corrected chi connectivity index (χ4v) is 3.11. The number of ether oxygens (including phenoxy) is 2. The summed E-state index contributed by atoms with van der Waals surface area (Å²) in [6.45, 7) is 1.50. The number of hydrogen-bond acceptors (Lipinski definition) is 6. The first-order chi connectivity index (χ1) is 12.2. The number of hydrogen-bond donors (Lipinski definition) is 0. The van der Waals surface area contributed by atoms with E-state index >= 15 is 0 Å². The van der Waals surface area contributed by atoms with Crippen molar-refractivity contribution >= 4 is 21.6 Å². The number of ketones is 1. The first-order valence-corrected chi connectivity index (χ1v) is 9.91. The third kappa shape index (κ3) is 5.42. The van der Waals surface area contributed by atoms with E-state index in [2.05, 4.69) is 0 Å². The molecule has 2 aromatic carbocycles. The van der Waals surface area contributed by atoms with Gasteiger partial charge in [0, 0.05) is 11.8 Å². The molecule has 0 aliphatic rings. The fraction of sp³-hybridized carbons (Fsp3) is 0.263. The minimum atomic E-state index is -3.15. The minimum Gasteiger partial charge on any atom is -0.497 e. The molecule has 0 aliphatic carbocycles. The number of methoxy groups -OCH3 is 1. The summed E-state index contributed by atoms with van der Waals surface area (Å²) in [5.41, 5.74) is 1.23. The van der Waals surface area contributed by atoms with Gasteiger partial charge in [-0.15, -0.1) is 0 Å². The SMILES string of the molecule is COc1ccc(C(=O)[C@H](C)OC(=O)c2ccc(CS(C)(=O)=O)cc2)cc1. The molecule has 7 heteroatoms. The van der Waals surface area contributed by atoms with Crippen LogP contribution in [0.25, 0.3) is 0 Å². The minimum absolute atomic E-state index is 0.102. The molecular weight excluding hydrogens is 356 g/mol. The van der Waals surface area contributed by atoms with Crippen molar-refractivity contribution in [1.82, 2.24) is 0 Å². The summed E-state index contributed by atoms with van der Waals surface area (Å²) in [6, 6.07) is 12.6. The Kier molecular flexibility index (Phi) is 6.15. The van der Waals surface area contributed by atoms with Gasteiger partial charge in [-0.05, 0) is 48.9 Å². The maximum atomic E-state index is 12.3. The molecule has 0 bridgehead atoms. The molecule has 1 atom stereocenters. The predicted molar refractivity (Wildman–Crippen MR) is 97.2 cm³/mol. The van der Waals surface area contributed by atoms with Crippen molar-refractivity contribution in [1.29, 1.82) is 0 Å². The Labute approximate surface area is 152 Å². The second kappa shape index (κ2) is 8.14. The van der Waals surface area contributed by atoms with E-state index in [-0.39, 0.29) is 17.1 Å². The third-order valence-electron chi connectivity index (χ3n) is 3.65. The molecule has 0 saturated carbocycles. The van der Waals surface area contributed by atoms with Crippen LogP contribution in [0.15, 0.2) is 48.5 Å². The lowest BCUT2D eigenvalue weighted by Gasteiger charge is -2.13. The van der Waals surface area contributed by atoms with Crippen LogP contribution in [-0.2, 0) is 20.3 Å². The number of carbonyl (C=O) groups is 2. The van der Waals surface area contributed by atoms with Gasteiger partial charge in [-0.3, -0.25) is 4.79 Å². The lowest BCUT2D eigenvalue weighted by Crippen LogP contribution is -2.24. The number of rotatable bonds is 7. The average molecular weight is 376 g/mol. The molecule has 2 aromatic rings. The van der Waals surface area contributed by atoms with Crippen LogP contribution in [0.5, 0.6) is 5.75 Å². The van der Waals surface area contributed by atoms with Gasteiger partial charge in [-0.1, -0.05) is 12.1 Å². The van der Waals surface area contributed by atoms with Gasteiger partial charge >= 0.3 is 5.97 Å². The molecule has 6 nitrogen and oxygen atoms in total. The molecular formula is C19H20O6S. The van der Waals surface area contributed by atoms with Crippen LogP contribution in [0.1, 0.15) is 33.2 Å². The highest BCUT2D eigenvalue weighted by Gasteiger charge is 2.20. The molecule has 0 radical (unpaired) electrons. The van der Waals surface area contributed by atoms with Gasteiger partial charge in [-0.2, -0.15) is 0 Å². The van der Waals surface area contributed by atoms with E-state index in [1.165, 1.54) is 26.2 Å². The van der Waals surface area contributed by atoms with Gasteiger partial charge in [0.1, 0.15) is 5.75 Å². The van der Waals surface area contributed by atoms with Crippen molar-refractivity contribution in [2.24, 2.45) is 0 Å². The molecule has 0 aliphatic heterocycles. The van der Waals surface area contributed by atoms with Crippen LogP contribution < -0.4 is 4.74 Å². The number of carbonyl (C=O) groups excluding carboxylic acids is 2. The second-order valence-electron chi connectivity index (χ2n) is 5.91. The predicted octanol–water partition coefficient (Wildman–Crippen LogP) is 2.67. The van der Waals surface area contributed by atoms with Gasteiger partial charge in [0.15, 0.2) is 15.9 Å². The summed E-state index contributed by atoms with van der Waals surface area (Å²) in [7, 11) is -1.62. The maximum absolute atomic E-state index is 12.3. The van der Waals surface area contributed by atoms with E-state index in [0.29, 0.717) is 16.9 Å². The molecule has 0 heterocycles. The Morgan fingerprint density at radius 2 is 1.50 bits per heavy atom. The van der Waals surface area contributed by atoms with Crippen LogP contribution in [0.3, 0.4) is 0 Å². The summed E-state index contributed by atoms with van der Waals surface area (Å²) >= 11 is 0. The van der Waals surface area contributed by atoms with E-state index < -0.39 is 21.9 Å². The Morgan fingerprint density at radius 1 is 0.962 bits per heavy atom. The van der Waals surface area contributed by atoms with E-state index in [4.69, 9.17) is 9.47 Å². The van der Waals surface area contributed by atoms with Crippen LogP contribution in [0, 0.1) is 0 Å². The zero-order valence-corrected chi connectivity index (χ0v) is 15.6. The Bertz CT molecular complexity index is 883. The molecule has 0 saturated heterocycles. The van der Waals surface area contributed by atoms with E-state index in [0.717, 1.165) is 6.26 Å². The topological polar surface area (TPSA) is 86.7 Å². The van der Waals surface area contributed by atoms with Gasteiger partial charge in [0.05, 0.1) is 18.4 Å². The number of Topliss-reactive ketones (excluding diaryl/α,β-unsaturated/α-hetero) is 1. The molecule has 0 amide bonds. The van der Waals surface area contributed by atoms with Gasteiger partial charge in [0.25, 0.3) is 0 Å². The Hall–Kier alpha value is -2.67. The maximum Gasteiger partial charge on any atom is 0.338 e. The molecule has 0 unspecified atom stereocenters. The lowest BCUT2D eigenvalue weighted by atomic mass is 10.1. The largest absolute Gasteiger partial charge is 0.497 e. The smallest absolute Gasteiger partial charge is 0.338 e. The summed E-state index contributed by atoms with van der Waals surface area (Å²) in [5, 5.41) is 0. The van der Waals surface area contributed by atoms with Crippen molar-refractivity contribution < 1.29 is 27.5 Å². The normalized spacial score (nSPS) is 12.3. The zero-order valence-electron chi connectivity index (χ0n) is 14.8. The van der Waals surface area contributed by atoms with Crippen LogP contribution in [0.2, 0.25) is 0 Å². The molecule has 0 spiro atoms. The highest BCUT2D eigenvalue weighted by Crippen LogP contribution is 2.15. The zero-order chi connectivity index (χ0) is 19.3. The second-order valence-corrected chi connectivity index (χ2v) is 8.05. The summed E-state index contributed by atoms with van der Waals surface area (Å²) in [5.74, 6) is -0.449. The summed E-state index contributed by atoms with van der Waals surface area (Å²) in [4.78, 5) is 24.5. The van der Waals surface area contributed by atoms with E-state index in [9.17, 15) is 18.0 Å². The number of benzene rings is 2. The summed E-state index contributed by atoms with van der Waals surface area (Å²) < 4.78 is 32.8. The lowest BCUT2D eigenvalue weighted by molar-refractivity contribution is 0.0319.